The topological polar surface area (TPSA) is 18.7 Å². The van der Waals surface area contributed by atoms with Gasteiger partial charge in [-0.3, -0.25) is 17.9 Å². The van der Waals surface area contributed by atoms with Crippen molar-refractivity contribution in [2.45, 2.75) is 27.7 Å². The zero-order valence-corrected chi connectivity index (χ0v) is 31.9. The molecule has 0 amide bonds. The molecule has 0 spiro atoms. The molecule has 0 saturated heterocycles. The summed E-state index contributed by atoms with van der Waals surface area (Å²) >= 11 is 7.70. The molecule has 11 rings (SSSR count). The second-order valence-corrected chi connectivity index (χ2v) is 15.6. The fourth-order valence-electron chi connectivity index (χ4n) is 9.17. The molecule has 0 aliphatic carbocycles. The van der Waals surface area contributed by atoms with Gasteiger partial charge in [-0.05, 0) is 123 Å². The first kappa shape index (κ1) is 32.0. The van der Waals surface area contributed by atoms with Crippen molar-refractivity contribution in [1.82, 2.24) is 17.9 Å². The van der Waals surface area contributed by atoms with E-state index in [1.807, 2.05) is 0 Å². The maximum Gasteiger partial charge on any atom is 0.123 e. The number of para-hydroxylation sites is 4. The molecule has 7 aromatic carbocycles. The Kier molecular flexibility index (Phi) is 6.84. The van der Waals surface area contributed by atoms with Gasteiger partial charge in [0.2, 0.25) is 0 Å². The summed E-state index contributed by atoms with van der Waals surface area (Å²) in [6.07, 6.45) is 0. The lowest BCUT2D eigenvalue weighted by molar-refractivity contribution is 1.11. The molecule has 5 heteroatoms. The Balaban J connectivity index is 1.13. The molecular formula is C50H37ClN4. The minimum atomic E-state index is 0.691. The number of aromatic nitrogens is 4. The highest BCUT2D eigenvalue weighted by atomic mass is 35.5. The van der Waals surface area contributed by atoms with Crippen LogP contribution in [0.2, 0.25) is 5.02 Å². The largest absolute Gasteiger partial charge is 0.293 e. The highest BCUT2D eigenvalue weighted by Crippen LogP contribution is 2.40. The second kappa shape index (κ2) is 11.8. The molecular weight excluding hydrogens is 692 g/mol. The van der Waals surface area contributed by atoms with Gasteiger partial charge in [-0.25, -0.2) is 0 Å². The van der Waals surface area contributed by atoms with Gasteiger partial charge in [-0.2, -0.15) is 0 Å². The number of nitrogens with zero attached hydrogens (tertiary/aromatic N) is 4. The molecule has 0 atom stereocenters. The van der Waals surface area contributed by atoms with Crippen LogP contribution < -0.4 is 0 Å². The lowest BCUT2D eigenvalue weighted by Crippen LogP contribution is -2.00. The summed E-state index contributed by atoms with van der Waals surface area (Å²) in [6.45, 7) is 8.66. The van der Waals surface area contributed by atoms with Crippen LogP contribution in [0.15, 0.2) is 152 Å². The maximum absolute atomic E-state index is 7.70. The van der Waals surface area contributed by atoms with Crippen molar-refractivity contribution >= 4 is 66.8 Å². The Bertz CT molecular complexity index is 3120. The highest BCUT2D eigenvalue weighted by molar-refractivity contribution is 6.34. The number of fused-ring (bicyclic) bond motifs is 10. The van der Waals surface area contributed by atoms with E-state index in [0.717, 1.165) is 44.7 Å². The lowest BCUT2D eigenvalue weighted by atomic mass is 10.00. The molecule has 0 radical (unpaired) electrons. The highest BCUT2D eigenvalue weighted by Gasteiger charge is 2.22. The van der Waals surface area contributed by atoms with Crippen molar-refractivity contribution < 1.29 is 0 Å². The third-order valence-corrected chi connectivity index (χ3v) is 11.7. The summed E-state index contributed by atoms with van der Waals surface area (Å²) in [6, 6.07) is 55.5. The van der Waals surface area contributed by atoms with Crippen LogP contribution in [0.4, 0.5) is 0 Å². The van der Waals surface area contributed by atoms with Crippen LogP contribution in [0.1, 0.15) is 22.3 Å². The minimum absolute atomic E-state index is 0.691. The molecule has 0 saturated carbocycles. The van der Waals surface area contributed by atoms with Crippen molar-refractivity contribution in [2.75, 3.05) is 0 Å². The molecule has 264 valence electrons. The minimum Gasteiger partial charge on any atom is -0.293 e. The van der Waals surface area contributed by atoms with Crippen LogP contribution in [0.5, 0.6) is 0 Å². The summed E-state index contributed by atoms with van der Waals surface area (Å²) in [5, 5.41) is 3.07. The van der Waals surface area contributed by atoms with E-state index in [2.05, 4.69) is 197 Å². The van der Waals surface area contributed by atoms with Gasteiger partial charge in [0.25, 0.3) is 0 Å². The summed E-state index contributed by atoms with van der Waals surface area (Å²) in [5.41, 5.74) is 20.8. The smallest absolute Gasteiger partial charge is 0.123 e. The van der Waals surface area contributed by atoms with E-state index >= 15 is 0 Å². The fraction of sp³-hybridized carbons (Fsp3) is 0.0800. The van der Waals surface area contributed by atoms with Gasteiger partial charge in [0.15, 0.2) is 0 Å². The monoisotopic (exact) mass is 728 g/mol. The van der Waals surface area contributed by atoms with Gasteiger partial charge in [0, 0.05) is 10.8 Å². The molecule has 0 unspecified atom stereocenters. The van der Waals surface area contributed by atoms with Gasteiger partial charge >= 0.3 is 0 Å². The van der Waals surface area contributed by atoms with Crippen LogP contribution in [0, 0.1) is 27.7 Å². The maximum atomic E-state index is 7.70. The van der Waals surface area contributed by atoms with Crippen LogP contribution in [-0.2, 0) is 0 Å². The SMILES string of the molecule is Cc1cc(C)cc(-c2ccc3c(c2)cc2n(-c4cccc(-n5c6ccccc6n6c7ccc(-c8cc(C)cc(C)c8)cc7cc56)c4Cl)c4ccccc4n32)c1. The molecule has 0 bridgehead atoms. The van der Waals surface area contributed by atoms with Gasteiger partial charge in [-0.1, -0.05) is 113 Å². The second-order valence-electron chi connectivity index (χ2n) is 15.2. The van der Waals surface area contributed by atoms with Crippen LogP contribution in [-0.4, -0.2) is 17.9 Å². The summed E-state index contributed by atoms with van der Waals surface area (Å²) in [7, 11) is 0. The summed E-state index contributed by atoms with van der Waals surface area (Å²) < 4.78 is 9.39. The average molecular weight is 729 g/mol. The third kappa shape index (κ3) is 4.78. The first-order chi connectivity index (χ1) is 26.8. The van der Waals surface area contributed by atoms with Crippen LogP contribution >= 0.6 is 11.6 Å². The number of hydrogen-bond acceptors (Lipinski definition) is 0. The lowest BCUT2D eigenvalue weighted by Gasteiger charge is -2.14. The van der Waals surface area contributed by atoms with Crippen LogP contribution in [0.25, 0.3) is 88.8 Å². The number of benzene rings is 7. The van der Waals surface area contributed by atoms with E-state index in [0.29, 0.717) is 5.02 Å². The molecule has 0 aliphatic rings. The van der Waals surface area contributed by atoms with Gasteiger partial charge in [0.1, 0.15) is 11.3 Å². The molecule has 4 heterocycles. The zero-order chi connectivity index (χ0) is 37.1. The molecule has 0 N–H and O–H groups in total. The fourth-order valence-corrected chi connectivity index (χ4v) is 9.47. The predicted molar refractivity (Wildman–Crippen MR) is 232 cm³/mol. The number of hydrogen-bond donors (Lipinski definition) is 0. The van der Waals surface area contributed by atoms with Gasteiger partial charge < -0.3 is 0 Å². The number of halogens is 1. The summed E-state index contributed by atoms with van der Waals surface area (Å²) in [4.78, 5) is 0. The number of rotatable bonds is 4. The standard InChI is InChI=1S/C50H37ClN4/c1-30-20-31(2)23-36(22-30)34-16-18-40-38(26-34)28-48-52(40)42-10-5-7-12-44(42)54(48)46-14-9-15-47(50(46)51)55-45-13-8-6-11-43(45)53-41-19-17-35(27-39(41)29-49(53)55)37-24-32(3)21-33(4)25-37/h5-29H,1-4H3. The first-order valence-corrected chi connectivity index (χ1v) is 19.2. The van der Waals surface area contributed by atoms with E-state index in [9.17, 15) is 0 Å². The van der Waals surface area contributed by atoms with E-state index in [4.69, 9.17) is 11.6 Å². The van der Waals surface area contributed by atoms with Crippen molar-refractivity contribution in [1.29, 1.82) is 0 Å². The quantitative estimate of drug-likeness (QED) is 0.172. The summed E-state index contributed by atoms with van der Waals surface area (Å²) in [5.74, 6) is 0. The van der Waals surface area contributed by atoms with Crippen LogP contribution in [0.3, 0.4) is 0 Å². The Labute approximate surface area is 323 Å². The molecule has 11 aromatic rings. The first-order valence-electron chi connectivity index (χ1n) is 18.9. The van der Waals surface area contributed by atoms with E-state index in [1.54, 1.807) is 0 Å². The molecule has 55 heavy (non-hydrogen) atoms. The number of aryl methyl sites for hydroxylation is 4. The third-order valence-electron chi connectivity index (χ3n) is 11.3. The Morgan fingerprint density at radius 2 is 0.745 bits per heavy atom. The van der Waals surface area contributed by atoms with Crippen molar-refractivity contribution in [3.8, 4) is 33.6 Å². The van der Waals surface area contributed by atoms with E-state index in [1.165, 1.54) is 66.3 Å². The molecule has 4 aromatic heterocycles. The molecule has 4 nitrogen and oxygen atoms in total. The van der Waals surface area contributed by atoms with Crippen molar-refractivity contribution in [3.63, 3.8) is 0 Å². The van der Waals surface area contributed by atoms with E-state index < -0.39 is 0 Å². The predicted octanol–water partition coefficient (Wildman–Crippen LogP) is 13.6. The average Bonchev–Trinajstić information content (AvgIpc) is 3.90. The Morgan fingerprint density at radius 3 is 1.16 bits per heavy atom. The van der Waals surface area contributed by atoms with Gasteiger partial charge in [-0.15, -0.1) is 0 Å². The Hall–Kier alpha value is -6.49. The molecule has 0 fully saturated rings. The normalized spacial score (nSPS) is 12.1. The zero-order valence-electron chi connectivity index (χ0n) is 31.1. The van der Waals surface area contributed by atoms with Crippen molar-refractivity contribution in [2.24, 2.45) is 0 Å². The van der Waals surface area contributed by atoms with Crippen molar-refractivity contribution in [3.05, 3.63) is 179 Å². The molecule has 0 aliphatic heterocycles. The number of imidazole rings is 2. The Morgan fingerprint density at radius 1 is 0.345 bits per heavy atom. The van der Waals surface area contributed by atoms with E-state index in [-0.39, 0.29) is 0 Å². The van der Waals surface area contributed by atoms with Gasteiger partial charge in [0.05, 0.1) is 49.5 Å².